The van der Waals surface area contributed by atoms with E-state index in [4.69, 9.17) is 0 Å². The van der Waals surface area contributed by atoms with Crippen LogP contribution >= 0.6 is 11.3 Å². The van der Waals surface area contributed by atoms with E-state index in [0.717, 1.165) is 10.4 Å². The summed E-state index contributed by atoms with van der Waals surface area (Å²) in [4.78, 5) is 0.804. The van der Waals surface area contributed by atoms with Crippen molar-refractivity contribution >= 4 is 21.2 Å². The Balaban J connectivity index is 2.40. The predicted molar refractivity (Wildman–Crippen MR) is 80.9 cm³/mol. The van der Waals surface area contributed by atoms with E-state index in [1.165, 1.54) is 17.4 Å². The number of hydrogen-bond donors (Lipinski definition) is 0. The van der Waals surface area contributed by atoms with Crippen molar-refractivity contribution in [3.05, 3.63) is 70.9 Å². The van der Waals surface area contributed by atoms with E-state index < -0.39 is 14.6 Å². The Morgan fingerprint density at radius 2 is 1.89 bits per heavy atom. The Labute approximate surface area is 118 Å². The van der Waals surface area contributed by atoms with Gasteiger partial charge in [-0.3, -0.25) is 0 Å². The first-order chi connectivity index (χ1) is 8.99. The molecule has 0 radical (unpaired) electrons. The largest absolute Gasteiger partial charge is 0.227 e. The number of sulfone groups is 1. The van der Waals surface area contributed by atoms with E-state index in [1.807, 2.05) is 47.8 Å². The van der Waals surface area contributed by atoms with Crippen LogP contribution in [0.15, 0.2) is 60.5 Å². The van der Waals surface area contributed by atoms with Crippen LogP contribution in [0, 0.1) is 0 Å². The maximum absolute atomic E-state index is 12.7. The molecule has 19 heavy (non-hydrogen) atoms. The zero-order valence-corrected chi connectivity index (χ0v) is 12.4. The quantitative estimate of drug-likeness (QED) is 0.786. The molecule has 4 heteroatoms. The standard InChI is InChI=1S/C15H16O2S2/c1-3-15(2,14-10-7-11-18-14)19(16,17)12-13-8-5-4-6-9-13/h3-11H,1,12H2,2H3/t15-/m0/s1. The van der Waals surface area contributed by atoms with Crippen LogP contribution in [0.5, 0.6) is 0 Å². The van der Waals surface area contributed by atoms with Gasteiger partial charge < -0.3 is 0 Å². The highest BCUT2D eigenvalue weighted by molar-refractivity contribution is 7.91. The van der Waals surface area contributed by atoms with Crippen molar-refractivity contribution in [3.8, 4) is 0 Å². The van der Waals surface area contributed by atoms with Gasteiger partial charge in [-0.1, -0.05) is 42.5 Å². The summed E-state index contributed by atoms with van der Waals surface area (Å²) in [7, 11) is -3.36. The molecule has 0 amide bonds. The van der Waals surface area contributed by atoms with Crippen molar-refractivity contribution in [3.63, 3.8) is 0 Å². The van der Waals surface area contributed by atoms with Crippen LogP contribution in [0.1, 0.15) is 17.4 Å². The summed E-state index contributed by atoms with van der Waals surface area (Å²) in [6.45, 7) is 5.44. The highest BCUT2D eigenvalue weighted by atomic mass is 32.2. The molecule has 0 bridgehead atoms. The molecular formula is C15H16O2S2. The van der Waals surface area contributed by atoms with Crippen LogP contribution in [0.3, 0.4) is 0 Å². The van der Waals surface area contributed by atoms with Crippen LogP contribution in [0.4, 0.5) is 0 Å². The molecular weight excluding hydrogens is 276 g/mol. The second kappa shape index (κ2) is 5.31. The minimum Gasteiger partial charge on any atom is -0.227 e. The van der Waals surface area contributed by atoms with Gasteiger partial charge in [0.25, 0.3) is 0 Å². The lowest BCUT2D eigenvalue weighted by Gasteiger charge is -2.24. The van der Waals surface area contributed by atoms with Crippen molar-refractivity contribution < 1.29 is 8.42 Å². The molecule has 0 saturated heterocycles. The molecule has 1 aromatic carbocycles. The summed E-state index contributed by atoms with van der Waals surface area (Å²) in [5.41, 5.74) is 0.798. The first kappa shape index (κ1) is 14.0. The second-order valence-electron chi connectivity index (χ2n) is 4.53. The van der Waals surface area contributed by atoms with Crippen LogP contribution in [0.2, 0.25) is 0 Å². The third-order valence-electron chi connectivity index (χ3n) is 3.25. The Hall–Kier alpha value is -1.39. The van der Waals surface area contributed by atoms with Crippen LogP contribution in [0.25, 0.3) is 0 Å². The Morgan fingerprint density at radius 3 is 2.42 bits per heavy atom. The fraction of sp³-hybridized carbons (Fsp3) is 0.200. The minimum absolute atomic E-state index is 0.0221. The SMILES string of the molecule is C=C[C@@](C)(c1cccs1)S(=O)(=O)Cc1ccccc1. The summed E-state index contributed by atoms with van der Waals surface area (Å²) in [6, 6.07) is 12.9. The monoisotopic (exact) mass is 292 g/mol. The van der Waals surface area contributed by atoms with E-state index in [9.17, 15) is 8.42 Å². The summed E-state index contributed by atoms with van der Waals surface area (Å²) in [6.07, 6.45) is 1.52. The van der Waals surface area contributed by atoms with Crippen molar-refractivity contribution in [2.24, 2.45) is 0 Å². The molecule has 2 rings (SSSR count). The molecule has 0 aliphatic heterocycles. The highest BCUT2D eigenvalue weighted by Crippen LogP contribution is 2.36. The van der Waals surface area contributed by atoms with Gasteiger partial charge in [0.05, 0.1) is 5.75 Å². The normalized spacial score (nSPS) is 14.8. The van der Waals surface area contributed by atoms with Crippen molar-refractivity contribution in [2.75, 3.05) is 0 Å². The van der Waals surface area contributed by atoms with E-state index in [1.54, 1.807) is 6.92 Å². The highest BCUT2D eigenvalue weighted by Gasteiger charge is 2.38. The van der Waals surface area contributed by atoms with Gasteiger partial charge in [0.2, 0.25) is 0 Å². The number of benzene rings is 1. The topological polar surface area (TPSA) is 34.1 Å². The maximum atomic E-state index is 12.7. The van der Waals surface area contributed by atoms with Gasteiger partial charge in [-0.25, -0.2) is 8.42 Å². The van der Waals surface area contributed by atoms with Crippen molar-refractivity contribution in [1.29, 1.82) is 0 Å². The zero-order valence-electron chi connectivity index (χ0n) is 10.7. The fourth-order valence-electron chi connectivity index (χ4n) is 1.89. The molecule has 0 aliphatic carbocycles. The van der Waals surface area contributed by atoms with Gasteiger partial charge in [-0.2, -0.15) is 0 Å². The van der Waals surface area contributed by atoms with E-state index in [-0.39, 0.29) is 5.75 Å². The van der Waals surface area contributed by atoms with Gasteiger partial charge in [0, 0.05) is 4.88 Å². The van der Waals surface area contributed by atoms with Crippen LogP contribution in [-0.4, -0.2) is 8.42 Å². The molecule has 2 nitrogen and oxygen atoms in total. The predicted octanol–water partition coefficient (Wildman–Crippen LogP) is 3.76. The average molecular weight is 292 g/mol. The van der Waals surface area contributed by atoms with Crippen molar-refractivity contribution in [2.45, 2.75) is 17.4 Å². The van der Waals surface area contributed by atoms with Gasteiger partial charge in [0.1, 0.15) is 4.75 Å². The lowest BCUT2D eigenvalue weighted by atomic mass is 10.1. The molecule has 1 heterocycles. The van der Waals surface area contributed by atoms with Gasteiger partial charge >= 0.3 is 0 Å². The minimum atomic E-state index is -3.36. The zero-order chi connectivity index (χ0) is 13.9. The van der Waals surface area contributed by atoms with Crippen LogP contribution < -0.4 is 0 Å². The molecule has 0 fully saturated rings. The molecule has 0 spiro atoms. The number of rotatable bonds is 5. The molecule has 1 aromatic heterocycles. The molecule has 0 saturated carbocycles. The van der Waals surface area contributed by atoms with Crippen LogP contribution in [-0.2, 0) is 20.3 Å². The van der Waals surface area contributed by atoms with Gasteiger partial charge in [-0.15, -0.1) is 17.9 Å². The van der Waals surface area contributed by atoms with Gasteiger partial charge in [-0.05, 0) is 23.9 Å². The summed E-state index contributed by atoms with van der Waals surface area (Å²) in [5, 5.41) is 1.88. The third-order valence-corrected chi connectivity index (χ3v) is 6.87. The van der Waals surface area contributed by atoms with E-state index >= 15 is 0 Å². The van der Waals surface area contributed by atoms with Crippen molar-refractivity contribution in [1.82, 2.24) is 0 Å². The molecule has 0 unspecified atom stereocenters. The first-order valence-electron chi connectivity index (χ1n) is 5.93. The molecule has 0 aliphatic rings. The summed E-state index contributed by atoms with van der Waals surface area (Å²) >= 11 is 1.44. The van der Waals surface area contributed by atoms with E-state index in [2.05, 4.69) is 6.58 Å². The smallest absolute Gasteiger partial charge is 0.168 e. The number of hydrogen-bond acceptors (Lipinski definition) is 3. The maximum Gasteiger partial charge on any atom is 0.168 e. The first-order valence-corrected chi connectivity index (χ1v) is 8.46. The molecule has 1 atom stereocenters. The second-order valence-corrected chi connectivity index (χ2v) is 7.85. The summed E-state index contributed by atoms with van der Waals surface area (Å²) < 4.78 is 24.3. The Bertz CT molecular complexity index is 643. The number of thiophene rings is 1. The van der Waals surface area contributed by atoms with Gasteiger partial charge in [0.15, 0.2) is 9.84 Å². The fourth-order valence-corrected chi connectivity index (χ4v) is 4.75. The third kappa shape index (κ3) is 2.65. The Kier molecular flexibility index (Phi) is 3.92. The molecule has 100 valence electrons. The lowest BCUT2D eigenvalue weighted by molar-refractivity contribution is 0.570. The van der Waals surface area contributed by atoms with E-state index in [0.29, 0.717) is 0 Å². The lowest BCUT2D eigenvalue weighted by Crippen LogP contribution is -2.30. The summed E-state index contributed by atoms with van der Waals surface area (Å²) in [5.74, 6) is 0.0221. The molecule has 0 N–H and O–H groups in total. The molecule has 2 aromatic rings. The average Bonchev–Trinajstić information content (AvgIpc) is 2.92. The Morgan fingerprint density at radius 1 is 1.21 bits per heavy atom.